The lowest BCUT2D eigenvalue weighted by Gasteiger charge is -2.39. The van der Waals surface area contributed by atoms with Crippen LogP contribution in [-0.2, 0) is 27.2 Å². The Morgan fingerprint density at radius 2 is 1.58 bits per heavy atom. The first kappa shape index (κ1) is 37.4. The number of benzene rings is 1. The maximum absolute atomic E-state index is 10.6. The number of pyridine rings is 1. The highest BCUT2D eigenvalue weighted by Gasteiger charge is 2.45. The summed E-state index contributed by atoms with van der Waals surface area (Å²) in [6, 6.07) is 9.01. The van der Waals surface area contributed by atoms with E-state index >= 15 is 0 Å². The Hall–Kier alpha value is -5.01. The predicted molar refractivity (Wildman–Crippen MR) is 146 cm³/mol. The van der Waals surface area contributed by atoms with Crippen molar-refractivity contribution in [3.05, 3.63) is 47.3 Å². The molecule has 1 saturated heterocycles. The predicted octanol–water partition coefficient (Wildman–Crippen LogP) is 1.14. The fraction of sp³-hybridized carbons (Fsp3) is 0.370. The van der Waals surface area contributed by atoms with Gasteiger partial charge in [0, 0.05) is 22.4 Å². The summed E-state index contributed by atoms with van der Waals surface area (Å²) in [6.45, 7) is -0.577. The maximum Gasteiger partial charge on any atom is 0.490 e. The van der Waals surface area contributed by atoms with Crippen molar-refractivity contribution < 1.29 is 76.0 Å². The van der Waals surface area contributed by atoms with Gasteiger partial charge in [-0.25, -0.2) is 14.6 Å². The maximum atomic E-state index is 10.6. The Kier molecular flexibility index (Phi) is 11.6. The normalized spacial score (nSPS) is 21.6. The average molecular weight is 694 g/mol. The largest absolute Gasteiger partial charge is 0.490 e. The Labute approximate surface area is 264 Å². The van der Waals surface area contributed by atoms with Crippen LogP contribution < -0.4 is 10.5 Å². The first-order valence-electron chi connectivity index (χ1n) is 13.2. The third-order valence-electron chi connectivity index (χ3n) is 6.77. The van der Waals surface area contributed by atoms with E-state index in [0.29, 0.717) is 29.7 Å². The molecule has 48 heavy (non-hydrogen) atoms. The number of nitrogens with two attached hydrogens (primary N) is 1. The van der Waals surface area contributed by atoms with Crippen LogP contribution in [0.5, 0.6) is 5.75 Å². The van der Waals surface area contributed by atoms with Crippen molar-refractivity contribution >= 4 is 17.8 Å². The van der Waals surface area contributed by atoms with E-state index in [4.69, 9.17) is 35.0 Å². The lowest BCUT2D eigenvalue weighted by Crippen LogP contribution is -2.60. The molecular formula is C27H25F6N5O10. The number of aliphatic carboxylic acids is 2. The molecule has 0 radical (unpaired) electrons. The van der Waals surface area contributed by atoms with E-state index in [1.54, 1.807) is 30.5 Å². The Bertz CT molecular complexity index is 1650. The number of carbonyl (C=O) groups is 2. The summed E-state index contributed by atoms with van der Waals surface area (Å²) >= 11 is 0. The van der Waals surface area contributed by atoms with Gasteiger partial charge in [-0.3, -0.25) is 5.10 Å². The molecule has 3 aromatic rings. The molecule has 9 N–H and O–H groups in total. The van der Waals surface area contributed by atoms with Crippen molar-refractivity contribution in [1.29, 1.82) is 5.26 Å². The van der Waals surface area contributed by atoms with Gasteiger partial charge in [-0.15, -0.1) is 0 Å². The number of fused-ring (bicyclic) bond motifs is 3. The molecule has 1 aromatic carbocycles. The van der Waals surface area contributed by atoms with E-state index in [-0.39, 0.29) is 17.1 Å². The fourth-order valence-electron chi connectivity index (χ4n) is 4.54. The number of aryl methyl sites for hydroxylation is 1. The van der Waals surface area contributed by atoms with Crippen molar-refractivity contribution in [3.63, 3.8) is 0 Å². The molecular weight excluding hydrogens is 668 g/mol. The highest BCUT2D eigenvalue weighted by atomic mass is 19.4. The van der Waals surface area contributed by atoms with E-state index in [1.165, 1.54) is 0 Å². The Balaban J connectivity index is 0.000000376. The molecule has 0 bridgehead atoms. The molecule has 1 aliphatic heterocycles. The third kappa shape index (κ3) is 8.28. The molecule has 260 valence electrons. The van der Waals surface area contributed by atoms with Crippen LogP contribution in [0.1, 0.15) is 16.8 Å². The molecule has 2 aliphatic rings. The number of nitrogens with zero attached hydrogens (tertiary/aromatic N) is 3. The van der Waals surface area contributed by atoms with Gasteiger partial charge in [0.1, 0.15) is 47.6 Å². The van der Waals surface area contributed by atoms with Crippen LogP contribution in [0.4, 0.5) is 32.2 Å². The summed E-state index contributed by atoms with van der Waals surface area (Å²) < 4.78 is 74.9. The van der Waals surface area contributed by atoms with Crippen molar-refractivity contribution in [2.45, 2.75) is 55.9 Å². The molecule has 0 amide bonds. The number of carboxylic acids is 2. The highest BCUT2D eigenvalue weighted by Crippen LogP contribution is 2.43. The number of aliphatic hydroxyl groups excluding tert-OH is 4. The quantitative estimate of drug-likeness (QED) is 0.178. The smallest absolute Gasteiger partial charge is 0.475 e. The molecule has 0 saturated carbocycles. The van der Waals surface area contributed by atoms with Crippen molar-refractivity contribution in [2.24, 2.45) is 0 Å². The Morgan fingerprint density at radius 3 is 2.12 bits per heavy atom. The van der Waals surface area contributed by atoms with Gasteiger partial charge in [-0.2, -0.15) is 36.7 Å². The first-order valence-corrected chi connectivity index (χ1v) is 13.2. The first-order chi connectivity index (χ1) is 22.3. The molecule has 5 atom stereocenters. The van der Waals surface area contributed by atoms with Crippen LogP contribution in [0.2, 0.25) is 0 Å². The molecule has 1 aliphatic carbocycles. The van der Waals surface area contributed by atoms with Crippen molar-refractivity contribution in [1.82, 2.24) is 15.2 Å². The number of anilines is 1. The number of hydrogen-bond acceptors (Lipinski definition) is 12. The van der Waals surface area contributed by atoms with E-state index in [0.717, 1.165) is 16.8 Å². The van der Waals surface area contributed by atoms with Gasteiger partial charge < -0.3 is 45.8 Å². The van der Waals surface area contributed by atoms with E-state index in [1.807, 2.05) is 0 Å². The third-order valence-corrected chi connectivity index (χ3v) is 6.77. The zero-order chi connectivity index (χ0) is 36.1. The molecule has 0 spiro atoms. The molecule has 0 unspecified atom stereocenters. The number of rotatable bonds is 4. The van der Waals surface area contributed by atoms with Gasteiger partial charge in [0.15, 0.2) is 0 Å². The molecule has 3 heterocycles. The molecule has 15 nitrogen and oxygen atoms in total. The molecule has 5 rings (SSSR count). The summed E-state index contributed by atoms with van der Waals surface area (Å²) in [7, 11) is 0. The lowest BCUT2D eigenvalue weighted by molar-refractivity contribution is -0.277. The van der Waals surface area contributed by atoms with Crippen LogP contribution in [0, 0.1) is 11.3 Å². The second-order valence-corrected chi connectivity index (χ2v) is 9.87. The topological polar surface area (TPSA) is 265 Å². The van der Waals surface area contributed by atoms with Crippen LogP contribution in [0.15, 0.2) is 30.5 Å². The minimum absolute atomic E-state index is 0.0629. The van der Waals surface area contributed by atoms with Gasteiger partial charge >= 0.3 is 24.3 Å². The number of aromatic amines is 1. The number of para-hydroxylation sites is 1. The van der Waals surface area contributed by atoms with Crippen LogP contribution in [0.25, 0.3) is 22.4 Å². The van der Waals surface area contributed by atoms with E-state index in [2.05, 4.69) is 21.3 Å². The van der Waals surface area contributed by atoms with Crippen LogP contribution >= 0.6 is 0 Å². The minimum atomic E-state index is -5.08. The number of nitrogens with one attached hydrogen (secondary N) is 1. The summed E-state index contributed by atoms with van der Waals surface area (Å²) in [6.07, 6.45) is -14.4. The number of hydrogen-bond donors (Lipinski definition) is 8. The highest BCUT2D eigenvalue weighted by molar-refractivity contribution is 5.88. The summed E-state index contributed by atoms with van der Waals surface area (Å²) in [5, 5.41) is 71.3. The Morgan fingerprint density at radius 1 is 1.00 bits per heavy atom. The zero-order valence-electron chi connectivity index (χ0n) is 23.9. The van der Waals surface area contributed by atoms with Crippen molar-refractivity contribution in [3.8, 4) is 34.2 Å². The number of ether oxygens (including phenoxy) is 2. The number of aliphatic hydroxyl groups is 4. The monoisotopic (exact) mass is 693 g/mol. The second kappa shape index (κ2) is 14.8. The van der Waals surface area contributed by atoms with Gasteiger partial charge in [0.25, 0.3) is 0 Å². The number of H-pyrrole nitrogens is 1. The van der Waals surface area contributed by atoms with Crippen molar-refractivity contribution in [2.75, 3.05) is 12.3 Å². The van der Waals surface area contributed by atoms with Gasteiger partial charge in [0.2, 0.25) is 6.29 Å². The number of alkyl halides is 6. The van der Waals surface area contributed by atoms with Gasteiger partial charge in [-0.1, -0.05) is 18.2 Å². The minimum Gasteiger partial charge on any atom is -0.475 e. The van der Waals surface area contributed by atoms with E-state index in [9.17, 15) is 52.0 Å². The number of carboxylic acid groups (broad SMARTS) is 2. The van der Waals surface area contributed by atoms with Gasteiger partial charge in [-0.05, 0) is 24.5 Å². The number of halogens is 6. The number of aromatic nitrogens is 3. The fourth-order valence-corrected chi connectivity index (χ4v) is 4.54. The molecule has 2 aromatic heterocycles. The number of nitriles is 1. The average Bonchev–Trinajstić information content (AvgIpc) is 3.50. The standard InChI is InChI=1S/C23H23N5O6.2C2HF3O2/c24-7-12-17(11-5-6-14-13(8-26-28-14)18(11)27-22(12)25)10-3-1-2-4-15(10)33-23-21(32)20(31)19(30)16(9-29)34-23;2*3-2(4,5)1(6)7/h1-4,8,16,19-21,23,29-32H,5-6,9H2,(H2,25,27)(H,26,28);2*(H,6,7)/t16-,19-,20+,21-,23-;;/m1../s1. The summed E-state index contributed by atoms with van der Waals surface area (Å²) in [4.78, 5) is 22.3. The van der Waals surface area contributed by atoms with Crippen LogP contribution in [-0.4, -0.2) is 107 Å². The van der Waals surface area contributed by atoms with Gasteiger partial charge in [0.05, 0.1) is 18.5 Å². The zero-order valence-corrected chi connectivity index (χ0v) is 23.9. The number of nitrogen functional groups attached to an aromatic ring is 1. The SMILES string of the molecule is N#Cc1c(N)nc2c(c1-c1ccccc1O[C@@H]1O[C@H](CO)[C@@H](O)[C@H](O)[C@H]1O)CCc1[nH]ncc1-2.O=C(O)C(F)(F)F.O=C(O)C(F)(F)F. The molecule has 21 heteroatoms. The lowest BCUT2D eigenvalue weighted by atomic mass is 9.85. The second-order valence-electron chi connectivity index (χ2n) is 9.87. The molecule has 1 fully saturated rings. The van der Waals surface area contributed by atoms with Crippen LogP contribution in [0.3, 0.4) is 0 Å². The summed E-state index contributed by atoms with van der Waals surface area (Å²) in [5.74, 6) is -5.19. The van der Waals surface area contributed by atoms with E-state index < -0.39 is 61.6 Å². The summed E-state index contributed by atoms with van der Waals surface area (Å²) in [5.41, 5.74) is 10.6.